The number of nitrogens with zero attached hydrogens (tertiary/aromatic N) is 2. The number of ether oxygens (including phenoxy) is 1. The molecule has 0 atom stereocenters. The molecule has 0 aliphatic rings. The van der Waals surface area contributed by atoms with Gasteiger partial charge in [0.2, 0.25) is 0 Å². The minimum absolute atomic E-state index is 0.0917. The van der Waals surface area contributed by atoms with Gasteiger partial charge in [0.05, 0.1) is 6.61 Å². The van der Waals surface area contributed by atoms with E-state index in [4.69, 9.17) is 4.74 Å². The van der Waals surface area contributed by atoms with E-state index in [0.29, 0.717) is 6.61 Å². The van der Waals surface area contributed by atoms with Gasteiger partial charge in [-0.25, -0.2) is 14.5 Å². The average molecular weight is 233 g/mol. The zero-order valence-corrected chi connectivity index (χ0v) is 9.00. The molecule has 0 unspecified atom stereocenters. The minimum Gasteiger partial charge on any atom is -0.356 e. The first-order chi connectivity index (χ1) is 8.27. The predicted molar refractivity (Wildman–Crippen MR) is 60.3 cm³/mol. The molecule has 1 aromatic heterocycles. The van der Waals surface area contributed by atoms with Crippen molar-refractivity contribution in [1.82, 2.24) is 14.8 Å². The van der Waals surface area contributed by atoms with E-state index in [-0.39, 0.29) is 6.73 Å². The van der Waals surface area contributed by atoms with Crippen LogP contribution in [0.2, 0.25) is 0 Å². The fourth-order valence-electron chi connectivity index (χ4n) is 1.32. The van der Waals surface area contributed by atoms with Crippen LogP contribution in [-0.2, 0) is 18.1 Å². The molecular formula is C11H11N3O3. The van der Waals surface area contributed by atoms with Crippen LogP contribution in [0.25, 0.3) is 0 Å². The number of aromatic nitrogens is 3. The lowest BCUT2D eigenvalue weighted by molar-refractivity contribution is 0.0584. The van der Waals surface area contributed by atoms with Crippen molar-refractivity contribution in [3.05, 3.63) is 62.9 Å². The highest BCUT2D eigenvalue weighted by Crippen LogP contribution is 2.00. The van der Waals surface area contributed by atoms with Crippen molar-refractivity contribution >= 4 is 0 Å². The van der Waals surface area contributed by atoms with Gasteiger partial charge in [-0.05, 0) is 5.56 Å². The van der Waals surface area contributed by atoms with Gasteiger partial charge >= 0.3 is 5.69 Å². The van der Waals surface area contributed by atoms with Gasteiger partial charge in [0.1, 0.15) is 12.9 Å². The van der Waals surface area contributed by atoms with Crippen LogP contribution in [0.15, 0.2) is 46.1 Å². The van der Waals surface area contributed by atoms with Crippen LogP contribution < -0.4 is 11.2 Å². The summed E-state index contributed by atoms with van der Waals surface area (Å²) in [5.74, 6) is 0. The van der Waals surface area contributed by atoms with Crippen molar-refractivity contribution in [2.24, 2.45) is 0 Å². The molecule has 2 rings (SSSR count). The second kappa shape index (κ2) is 5.22. The SMILES string of the molecule is O=c1cn[nH]c(=O)n1COCc1ccccc1. The van der Waals surface area contributed by atoms with Crippen molar-refractivity contribution in [3.8, 4) is 0 Å². The molecule has 0 aliphatic carbocycles. The Morgan fingerprint density at radius 2 is 2.00 bits per heavy atom. The van der Waals surface area contributed by atoms with Gasteiger partial charge in [-0.3, -0.25) is 4.79 Å². The van der Waals surface area contributed by atoms with E-state index < -0.39 is 11.2 Å². The third kappa shape index (κ3) is 2.88. The lowest BCUT2D eigenvalue weighted by Gasteiger charge is -2.05. The van der Waals surface area contributed by atoms with E-state index in [2.05, 4.69) is 10.2 Å². The van der Waals surface area contributed by atoms with Crippen molar-refractivity contribution < 1.29 is 4.74 Å². The van der Waals surface area contributed by atoms with Crippen molar-refractivity contribution in [2.45, 2.75) is 13.3 Å². The van der Waals surface area contributed by atoms with Gasteiger partial charge in [-0.2, -0.15) is 5.10 Å². The van der Waals surface area contributed by atoms with Crippen molar-refractivity contribution in [1.29, 1.82) is 0 Å². The molecular weight excluding hydrogens is 222 g/mol. The second-order valence-corrected chi connectivity index (χ2v) is 3.40. The second-order valence-electron chi connectivity index (χ2n) is 3.40. The summed E-state index contributed by atoms with van der Waals surface area (Å²) in [4.78, 5) is 22.5. The summed E-state index contributed by atoms with van der Waals surface area (Å²) in [5.41, 5.74) is -0.0848. The lowest BCUT2D eigenvalue weighted by Crippen LogP contribution is -2.35. The van der Waals surface area contributed by atoms with E-state index in [0.717, 1.165) is 16.3 Å². The maximum atomic E-state index is 11.3. The summed E-state index contributed by atoms with van der Waals surface area (Å²) < 4.78 is 6.22. The van der Waals surface area contributed by atoms with Gasteiger partial charge in [0, 0.05) is 0 Å². The minimum atomic E-state index is -0.578. The highest BCUT2D eigenvalue weighted by molar-refractivity contribution is 5.13. The summed E-state index contributed by atoms with van der Waals surface area (Å²) in [6.07, 6.45) is 1.03. The Hall–Kier alpha value is -2.21. The molecule has 0 spiro atoms. The van der Waals surface area contributed by atoms with Crippen LogP contribution in [-0.4, -0.2) is 14.8 Å². The summed E-state index contributed by atoms with van der Waals surface area (Å²) in [7, 11) is 0. The maximum Gasteiger partial charge on any atom is 0.346 e. The quantitative estimate of drug-likeness (QED) is 0.812. The summed E-state index contributed by atoms with van der Waals surface area (Å²) in [6.45, 7) is 0.251. The molecule has 6 nitrogen and oxygen atoms in total. The topological polar surface area (TPSA) is 77.0 Å². The number of H-pyrrole nitrogens is 1. The van der Waals surface area contributed by atoms with Crippen molar-refractivity contribution in [3.63, 3.8) is 0 Å². The Morgan fingerprint density at radius 3 is 2.71 bits per heavy atom. The molecule has 0 fully saturated rings. The van der Waals surface area contributed by atoms with Crippen LogP contribution in [0.5, 0.6) is 0 Å². The monoisotopic (exact) mass is 233 g/mol. The Balaban J connectivity index is 2.00. The number of aromatic amines is 1. The first kappa shape index (κ1) is 11.3. The Labute approximate surface area is 96.5 Å². The predicted octanol–water partition coefficient (Wildman–Crippen LogP) is 0.106. The fourth-order valence-corrected chi connectivity index (χ4v) is 1.32. The molecule has 0 bridgehead atoms. The van der Waals surface area contributed by atoms with E-state index >= 15 is 0 Å². The number of hydrogen-bond acceptors (Lipinski definition) is 4. The lowest BCUT2D eigenvalue weighted by atomic mass is 10.2. The van der Waals surface area contributed by atoms with Crippen LogP contribution in [0.4, 0.5) is 0 Å². The molecule has 0 aliphatic heterocycles. The molecule has 0 radical (unpaired) electrons. The normalized spacial score (nSPS) is 10.4. The van der Waals surface area contributed by atoms with Crippen LogP contribution in [0.3, 0.4) is 0 Å². The number of benzene rings is 1. The number of rotatable bonds is 4. The van der Waals surface area contributed by atoms with E-state index in [9.17, 15) is 9.59 Å². The van der Waals surface area contributed by atoms with Gasteiger partial charge in [0.25, 0.3) is 5.56 Å². The molecule has 0 saturated carbocycles. The van der Waals surface area contributed by atoms with Gasteiger partial charge in [0.15, 0.2) is 0 Å². The number of hydrogen-bond donors (Lipinski definition) is 1. The molecule has 2 aromatic rings. The Bertz CT molecular complexity index is 560. The van der Waals surface area contributed by atoms with Gasteiger partial charge < -0.3 is 4.74 Å². The van der Waals surface area contributed by atoms with Gasteiger partial charge in [-0.1, -0.05) is 30.3 Å². The Morgan fingerprint density at radius 1 is 1.24 bits per heavy atom. The molecule has 1 N–H and O–H groups in total. The van der Waals surface area contributed by atoms with Gasteiger partial charge in [-0.15, -0.1) is 0 Å². The first-order valence-corrected chi connectivity index (χ1v) is 5.03. The largest absolute Gasteiger partial charge is 0.356 e. The third-order valence-corrected chi connectivity index (χ3v) is 2.18. The standard InChI is InChI=1S/C11H11N3O3/c15-10-6-12-13-11(16)14(10)8-17-7-9-4-2-1-3-5-9/h1-6H,7-8H2,(H,13,16). The summed E-state index contributed by atoms with van der Waals surface area (Å²) in [5, 5.41) is 5.55. The smallest absolute Gasteiger partial charge is 0.346 e. The molecule has 1 aromatic carbocycles. The van der Waals surface area contributed by atoms with Crippen molar-refractivity contribution in [2.75, 3.05) is 0 Å². The zero-order chi connectivity index (χ0) is 12.1. The zero-order valence-electron chi connectivity index (χ0n) is 9.00. The molecule has 0 saturated heterocycles. The van der Waals surface area contributed by atoms with E-state index in [1.54, 1.807) is 0 Å². The molecule has 88 valence electrons. The molecule has 0 amide bonds. The van der Waals surface area contributed by atoms with Crippen LogP contribution in [0.1, 0.15) is 5.56 Å². The molecule has 6 heteroatoms. The highest BCUT2D eigenvalue weighted by Gasteiger charge is 2.00. The first-order valence-electron chi connectivity index (χ1n) is 5.03. The number of nitrogens with one attached hydrogen (secondary N) is 1. The molecule has 17 heavy (non-hydrogen) atoms. The average Bonchev–Trinajstić information content (AvgIpc) is 2.34. The molecule has 1 heterocycles. The third-order valence-electron chi connectivity index (χ3n) is 2.18. The maximum absolute atomic E-state index is 11.3. The van der Waals surface area contributed by atoms with Crippen LogP contribution >= 0.6 is 0 Å². The fraction of sp³-hybridized carbons (Fsp3) is 0.182. The van der Waals surface area contributed by atoms with E-state index in [1.807, 2.05) is 30.3 Å². The van der Waals surface area contributed by atoms with E-state index in [1.165, 1.54) is 0 Å². The summed E-state index contributed by atoms with van der Waals surface area (Å²) >= 11 is 0. The summed E-state index contributed by atoms with van der Waals surface area (Å²) in [6, 6.07) is 9.49. The van der Waals surface area contributed by atoms with Crippen LogP contribution in [0, 0.1) is 0 Å². The highest BCUT2D eigenvalue weighted by atomic mass is 16.5. The Kier molecular flexibility index (Phi) is 3.46.